The zero-order valence-electron chi connectivity index (χ0n) is 14.7. The fraction of sp³-hybridized carbons (Fsp3) is 0.158. The van der Waals surface area contributed by atoms with Gasteiger partial charge in [0.2, 0.25) is 5.60 Å². The van der Waals surface area contributed by atoms with Crippen molar-refractivity contribution in [3.8, 4) is 11.4 Å². The molecule has 0 saturated carbocycles. The molecule has 2 heterocycles. The van der Waals surface area contributed by atoms with Gasteiger partial charge in [-0.25, -0.2) is 9.07 Å². The van der Waals surface area contributed by atoms with Crippen LogP contribution in [0.25, 0.3) is 5.69 Å². The highest BCUT2D eigenvalue weighted by molar-refractivity contribution is 6.08. The van der Waals surface area contributed by atoms with Gasteiger partial charge in [0.25, 0.3) is 5.91 Å². The van der Waals surface area contributed by atoms with E-state index in [-0.39, 0.29) is 11.4 Å². The molecule has 1 aromatic heterocycles. The molecular formula is C19H17FN4O3. The molecule has 1 atom stereocenters. The maximum atomic E-state index is 13.2. The summed E-state index contributed by atoms with van der Waals surface area (Å²) < 4.78 is 19.8. The van der Waals surface area contributed by atoms with Crippen LogP contribution in [0, 0.1) is 12.7 Å². The van der Waals surface area contributed by atoms with Crippen LogP contribution in [0.2, 0.25) is 0 Å². The molecule has 1 aliphatic rings. The number of nitrogen functional groups attached to an aromatic ring is 1. The number of aryl methyl sites for hydroxylation is 1. The van der Waals surface area contributed by atoms with Gasteiger partial charge >= 0.3 is 0 Å². The number of methoxy groups -OCH3 is 1. The second kappa shape index (κ2) is 5.82. The van der Waals surface area contributed by atoms with Crippen molar-refractivity contribution >= 4 is 17.4 Å². The third kappa shape index (κ3) is 2.37. The summed E-state index contributed by atoms with van der Waals surface area (Å²) in [6.07, 6.45) is 0. The van der Waals surface area contributed by atoms with Crippen LogP contribution in [0.3, 0.4) is 0 Å². The first-order valence-electron chi connectivity index (χ1n) is 8.20. The molecule has 0 spiro atoms. The van der Waals surface area contributed by atoms with Crippen LogP contribution in [0.1, 0.15) is 16.8 Å². The lowest BCUT2D eigenvalue weighted by Gasteiger charge is -2.22. The number of nitrogens with one attached hydrogen (secondary N) is 1. The van der Waals surface area contributed by atoms with Crippen LogP contribution in [0.15, 0.2) is 42.5 Å². The standard InChI is InChI=1S/C19H17FN4O3/c1-10-16(17(21)24(23-10)12-5-3-11(20)4-6-12)19(26)14-9-13(27-2)7-8-15(14)22-18(19)25/h3-9,26H,21H2,1-2H3,(H,22,25)/t19-/m0/s1. The number of hydrogen-bond donors (Lipinski definition) is 3. The van der Waals surface area contributed by atoms with Crippen LogP contribution in [-0.2, 0) is 10.4 Å². The van der Waals surface area contributed by atoms with Crippen molar-refractivity contribution in [3.05, 3.63) is 65.1 Å². The van der Waals surface area contributed by atoms with Crippen molar-refractivity contribution in [2.45, 2.75) is 12.5 Å². The van der Waals surface area contributed by atoms with E-state index in [0.717, 1.165) is 0 Å². The number of fused-ring (bicyclic) bond motifs is 1. The van der Waals surface area contributed by atoms with E-state index in [1.807, 2.05) is 0 Å². The predicted molar refractivity (Wildman–Crippen MR) is 97.3 cm³/mol. The predicted octanol–water partition coefficient (Wildman–Crippen LogP) is 2.10. The van der Waals surface area contributed by atoms with Crippen molar-refractivity contribution in [2.75, 3.05) is 18.2 Å². The normalized spacial score (nSPS) is 18.3. The number of carbonyl (C=O) groups is 1. The summed E-state index contributed by atoms with van der Waals surface area (Å²) in [7, 11) is 1.50. The molecule has 4 N–H and O–H groups in total. The summed E-state index contributed by atoms with van der Waals surface area (Å²) in [4.78, 5) is 12.7. The number of ether oxygens (including phenoxy) is 1. The fourth-order valence-electron chi connectivity index (χ4n) is 3.41. The van der Waals surface area contributed by atoms with Gasteiger partial charge in [0.15, 0.2) is 0 Å². The van der Waals surface area contributed by atoms with E-state index < -0.39 is 17.3 Å². The monoisotopic (exact) mass is 368 g/mol. The van der Waals surface area contributed by atoms with E-state index >= 15 is 0 Å². The summed E-state index contributed by atoms with van der Waals surface area (Å²) in [6, 6.07) is 10.5. The second-order valence-electron chi connectivity index (χ2n) is 6.31. The van der Waals surface area contributed by atoms with Gasteiger partial charge < -0.3 is 20.9 Å². The van der Waals surface area contributed by atoms with Gasteiger partial charge in [0, 0.05) is 11.3 Å². The first-order chi connectivity index (χ1) is 12.9. The van der Waals surface area contributed by atoms with E-state index in [1.165, 1.54) is 36.1 Å². The van der Waals surface area contributed by atoms with Crippen molar-refractivity contribution in [1.29, 1.82) is 0 Å². The number of amides is 1. The Morgan fingerprint density at radius 2 is 1.96 bits per heavy atom. The number of rotatable bonds is 3. The van der Waals surface area contributed by atoms with Crippen LogP contribution in [0.5, 0.6) is 5.75 Å². The maximum Gasteiger partial charge on any atom is 0.266 e. The van der Waals surface area contributed by atoms with E-state index in [0.29, 0.717) is 28.4 Å². The topological polar surface area (TPSA) is 102 Å². The highest BCUT2D eigenvalue weighted by Crippen LogP contribution is 2.45. The Morgan fingerprint density at radius 1 is 1.26 bits per heavy atom. The van der Waals surface area contributed by atoms with Crippen LogP contribution in [0.4, 0.5) is 15.9 Å². The first-order valence-corrected chi connectivity index (χ1v) is 8.20. The number of anilines is 2. The van der Waals surface area contributed by atoms with Crippen molar-refractivity contribution in [1.82, 2.24) is 9.78 Å². The average Bonchev–Trinajstić information content (AvgIpc) is 3.09. The SMILES string of the molecule is COc1ccc2c(c1)[C@](O)(c1c(C)nn(-c3ccc(F)cc3)c1N)C(=O)N2. The third-order valence-electron chi connectivity index (χ3n) is 4.72. The van der Waals surface area contributed by atoms with Gasteiger partial charge in [0.1, 0.15) is 17.4 Å². The molecule has 8 heteroatoms. The van der Waals surface area contributed by atoms with Gasteiger partial charge in [0.05, 0.1) is 24.1 Å². The summed E-state index contributed by atoms with van der Waals surface area (Å²) in [5.41, 5.74) is 6.12. The zero-order chi connectivity index (χ0) is 19.3. The molecule has 2 aromatic carbocycles. The molecule has 0 saturated heterocycles. The summed E-state index contributed by atoms with van der Waals surface area (Å²) in [6.45, 7) is 1.65. The number of nitrogens with two attached hydrogens (primary N) is 1. The molecule has 0 aliphatic carbocycles. The molecular weight excluding hydrogens is 351 g/mol. The summed E-state index contributed by atoms with van der Waals surface area (Å²) in [5.74, 6) is -0.436. The summed E-state index contributed by atoms with van der Waals surface area (Å²) in [5, 5.41) is 18.4. The Bertz CT molecular complexity index is 1060. The lowest BCUT2D eigenvalue weighted by Crippen LogP contribution is -2.36. The first kappa shape index (κ1) is 17.0. The summed E-state index contributed by atoms with van der Waals surface area (Å²) >= 11 is 0. The number of nitrogens with zero attached hydrogens (tertiary/aromatic N) is 2. The van der Waals surface area contributed by atoms with Crippen LogP contribution in [-0.4, -0.2) is 27.9 Å². The van der Waals surface area contributed by atoms with E-state index in [1.54, 1.807) is 25.1 Å². The molecule has 1 amide bonds. The number of aromatic nitrogens is 2. The van der Waals surface area contributed by atoms with E-state index in [4.69, 9.17) is 10.5 Å². The minimum atomic E-state index is -2.02. The molecule has 0 bridgehead atoms. The Balaban J connectivity index is 1.92. The quantitative estimate of drug-likeness (QED) is 0.657. The van der Waals surface area contributed by atoms with Crippen LogP contribution < -0.4 is 15.8 Å². The maximum absolute atomic E-state index is 13.2. The van der Waals surface area contributed by atoms with Gasteiger partial charge in [-0.05, 0) is 49.4 Å². The average molecular weight is 368 g/mol. The minimum Gasteiger partial charge on any atom is -0.497 e. The van der Waals surface area contributed by atoms with Gasteiger partial charge in [-0.1, -0.05) is 0 Å². The molecule has 138 valence electrons. The van der Waals surface area contributed by atoms with E-state index in [2.05, 4.69) is 10.4 Å². The molecule has 4 rings (SSSR count). The highest BCUT2D eigenvalue weighted by Gasteiger charge is 2.50. The van der Waals surface area contributed by atoms with Crippen LogP contribution >= 0.6 is 0 Å². The molecule has 27 heavy (non-hydrogen) atoms. The number of carbonyl (C=O) groups excluding carboxylic acids is 1. The largest absolute Gasteiger partial charge is 0.497 e. The Hall–Kier alpha value is -3.39. The molecule has 0 radical (unpaired) electrons. The molecule has 0 fully saturated rings. The molecule has 1 aliphatic heterocycles. The lowest BCUT2D eigenvalue weighted by atomic mass is 9.87. The second-order valence-corrected chi connectivity index (χ2v) is 6.31. The Morgan fingerprint density at radius 3 is 2.63 bits per heavy atom. The van der Waals surface area contributed by atoms with Gasteiger partial charge in [-0.15, -0.1) is 0 Å². The van der Waals surface area contributed by atoms with Gasteiger partial charge in [-0.3, -0.25) is 4.79 Å². The molecule has 3 aromatic rings. The number of aliphatic hydroxyl groups is 1. The molecule has 0 unspecified atom stereocenters. The molecule has 7 nitrogen and oxygen atoms in total. The lowest BCUT2D eigenvalue weighted by molar-refractivity contribution is -0.129. The number of halogens is 1. The number of hydrogen-bond acceptors (Lipinski definition) is 5. The van der Waals surface area contributed by atoms with Gasteiger partial charge in [-0.2, -0.15) is 5.10 Å². The van der Waals surface area contributed by atoms with Crippen molar-refractivity contribution in [3.63, 3.8) is 0 Å². The van der Waals surface area contributed by atoms with E-state index in [9.17, 15) is 14.3 Å². The van der Waals surface area contributed by atoms with Crippen molar-refractivity contribution < 1.29 is 19.0 Å². The Kier molecular flexibility index (Phi) is 3.67. The Labute approximate surface area is 154 Å². The smallest absolute Gasteiger partial charge is 0.266 e. The number of benzene rings is 2. The zero-order valence-corrected chi connectivity index (χ0v) is 14.7. The highest BCUT2D eigenvalue weighted by atomic mass is 19.1. The van der Waals surface area contributed by atoms with Crippen molar-refractivity contribution in [2.24, 2.45) is 0 Å². The fourth-order valence-corrected chi connectivity index (χ4v) is 3.41. The third-order valence-corrected chi connectivity index (χ3v) is 4.72. The minimum absolute atomic E-state index is 0.0902.